The van der Waals surface area contributed by atoms with Gasteiger partial charge in [0.2, 0.25) is 5.91 Å². The molecule has 1 aromatic carbocycles. The van der Waals surface area contributed by atoms with Crippen LogP contribution in [-0.2, 0) is 20.7 Å². The van der Waals surface area contributed by atoms with Crippen molar-refractivity contribution in [1.82, 2.24) is 19.7 Å². The van der Waals surface area contributed by atoms with Gasteiger partial charge in [-0.3, -0.25) is 14.4 Å². The number of anilines is 1. The van der Waals surface area contributed by atoms with Crippen LogP contribution in [0, 0.1) is 19.8 Å². The molecule has 188 valence electrons. The maximum atomic E-state index is 13.1. The summed E-state index contributed by atoms with van der Waals surface area (Å²) in [5, 5.41) is 7.48. The monoisotopic (exact) mass is 489 g/mol. The van der Waals surface area contributed by atoms with Crippen molar-refractivity contribution in [2.75, 3.05) is 25.5 Å². The number of likely N-dealkylation sites (tertiary alicyclic amines) is 1. The molecule has 2 amide bonds. The third-order valence-corrected chi connectivity index (χ3v) is 6.68. The third kappa shape index (κ3) is 5.62. The van der Waals surface area contributed by atoms with Crippen LogP contribution in [0.2, 0.25) is 0 Å². The Kier molecular flexibility index (Phi) is 7.77. The number of amides is 2. The van der Waals surface area contributed by atoms with Gasteiger partial charge < -0.3 is 15.0 Å². The first kappa shape index (κ1) is 25.1. The zero-order chi connectivity index (χ0) is 25.7. The van der Waals surface area contributed by atoms with E-state index in [0.717, 1.165) is 22.6 Å². The van der Waals surface area contributed by atoms with E-state index < -0.39 is 0 Å². The van der Waals surface area contributed by atoms with Crippen molar-refractivity contribution in [1.29, 1.82) is 0 Å². The van der Waals surface area contributed by atoms with Gasteiger partial charge in [-0.05, 0) is 75.1 Å². The maximum Gasteiger partial charge on any atom is 0.305 e. The van der Waals surface area contributed by atoms with Crippen molar-refractivity contribution >= 4 is 23.6 Å². The van der Waals surface area contributed by atoms with Crippen LogP contribution in [-0.4, -0.2) is 57.6 Å². The van der Waals surface area contributed by atoms with Crippen LogP contribution in [0.3, 0.4) is 0 Å². The van der Waals surface area contributed by atoms with Gasteiger partial charge in [-0.25, -0.2) is 9.67 Å². The molecule has 0 atom stereocenters. The highest BCUT2D eigenvalue weighted by molar-refractivity contribution is 5.95. The number of ether oxygens (including phenoxy) is 1. The number of carbonyl (C=O) groups excluding carboxylic acids is 3. The Bertz CT molecular complexity index is 1230. The average molecular weight is 490 g/mol. The number of pyridine rings is 1. The molecule has 0 spiro atoms. The van der Waals surface area contributed by atoms with E-state index in [1.54, 1.807) is 23.2 Å². The predicted octanol–water partition coefficient (Wildman–Crippen LogP) is 3.48. The summed E-state index contributed by atoms with van der Waals surface area (Å²) < 4.78 is 6.58. The van der Waals surface area contributed by atoms with Gasteiger partial charge in [-0.15, -0.1) is 0 Å². The van der Waals surface area contributed by atoms with Crippen LogP contribution in [0.4, 0.5) is 5.82 Å². The number of piperidine rings is 1. The van der Waals surface area contributed by atoms with E-state index in [-0.39, 0.29) is 23.7 Å². The minimum Gasteiger partial charge on any atom is -0.469 e. The van der Waals surface area contributed by atoms with E-state index in [0.29, 0.717) is 50.2 Å². The summed E-state index contributed by atoms with van der Waals surface area (Å²) in [6, 6.07) is 12.8. The Morgan fingerprint density at radius 2 is 1.78 bits per heavy atom. The second kappa shape index (κ2) is 11.2. The fourth-order valence-electron chi connectivity index (χ4n) is 4.55. The van der Waals surface area contributed by atoms with Gasteiger partial charge in [-0.2, -0.15) is 5.10 Å². The van der Waals surface area contributed by atoms with Crippen LogP contribution >= 0.6 is 0 Å². The zero-order valence-corrected chi connectivity index (χ0v) is 20.9. The second-order valence-electron chi connectivity index (χ2n) is 8.95. The lowest BCUT2D eigenvalue weighted by Gasteiger charge is -2.31. The summed E-state index contributed by atoms with van der Waals surface area (Å²) in [5.41, 5.74) is 4.30. The molecule has 1 N–H and O–H groups in total. The van der Waals surface area contributed by atoms with Crippen LogP contribution < -0.4 is 5.32 Å². The third-order valence-electron chi connectivity index (χ3n) is 6.68. The van der Waals surface area contributed by atoms with Crippen molar-refractivity contribution in [2.45, 2.75) is 39.5 Å². The van der Waals surface area contributed by atoms with Crippen LogP contribution in [0.1, 0.15) is 46.6 Å². The highest BCUT2D eigenvalue weighted by atomic mass is 16.5. The molecule has 2 aromatic heterocycles. The SMILES string of the molecule is COC(=O)CCc1c(C)nn(-c2ccc(C(=O)N3CCC(C(=O)Nc4ccccn4)CC3)cc2)c1C. The molecular weight excluding hydrogens is 458 g/mol. The lowest BCUT2D eigenvalue weighted by molar-refractivity contribution is -0.140. The maximum absolute atomic E-state index is 13.1. The van der Waals surface area contributed by atoms with Crippen LogP contribution in [0.5, 0.6) is 0 Å². The fraction of sp³-hybridized carbons (Fsp3) is 0.370. The van der Waals surface area contributed by atoms with E-state index in [1.165, 1.54) is 7.11 Å². The van der Waals surface area contributed by atoms with Crippen molar-refractivity contribution < 1.29 is 19.1 Å². The van der Waals surface area contributed by atoms with Crippen molar-refractivity contribution in [2.24, 2.45) is 5.92 Å². The van der Waals surface area contributed by atoms with E-state index in [2.05, 4.69) is 15.4 Å². The number of aryl methyl sites for hydroxylation is 1. The Morgan fingerprint density at radius 3 is 2.42 bits per heavy atom. The first-order valence-electron chi connectivity index (χ1n) is 12.1. The summed E-state index contributed by atoms with van der Waals surface area (Å²) in [5.74, 6) is 0.0534. The molecule has 0 radical (unpaired) electrons. The molecule has 1 saturated heterocycles. The standard InChI is InChI=1S/C27H31N5O4/c1-18-23(11-12-25(33)36-3)19(2)32(30-18)22-9-7-21(8-10-22)27(35)31-16-13-20(14-17-31)26(34)29-24-6-4-5-15-28-24/h4-10,15,20H,11-14,16-17H2,1-3H3,(H,28,29,34). The molecule has 0 unspecified atom stereocenters. The lowest BCUT2D eigenvalue weighted by atomic mass is 9.95. The van der Waals surface area contributed by atoms with Gasteiger partial charge in [0.05, 0.1) is 18.5 Å². The van der Waals surface area contributed by atoms with Crippen LogP contribution in [0.25, 0.3) is 5.69 Å². The van der Waals surface area contributed by atoms with Gasteiger partial charge in [0.1, 0.15) is 5.82 Å². The number of nitrogens with zero attached hydrogens (tertiary/aromatic N) is 4. The van der Waals surface area contributed by atoms with Gasteiger partial charge in [0.15, 0.2) is 0 Å². The summed E-state index contributed by atoms with van der Waals surface area (Å²) >= 11 is 0. The zero-order valence-electron chi connectivity index (χ0n) is 20.9. The quantitative estimate of drug-likeness (QED) is 0.510. The molecule has 1 aliphatic rings. The molecule has 3 aromatic rings. The summed E-state index contributed by atoms with van der Waals surface area (Å²) in [6.45, 7) is 4.96. The van der Waals surface area contributed by atoms with E-state index in [9.17, 15) is 14.4 Å². The van der Waals surface area contributed by atoms with E-state index in [1.807, 2.05) is 48.9 Å². The average Bonchev–Trinajstić information content (AvgIpc) is 3.20. The molecular formula is C27H31N5O4. The number of aromatic nitrogens is 3. The number of hydrogen-bond acceptors (Lipinski definition) is 6. The second-order valence-corrected chi connectivity index (χ2v) is 8.95. The van der Waals surface area contributed by atoms with Gasteiger partial charge in [-0.1, -0.05) is 6.07 Å². The molecule has 4 rings (SSSR count). The van der Waals surface area contributed by atoms with Gasteiger partial charge in [0.25, 0.3) is 5.91 Å². The summed E-state index contributed by atoms with van der Waals surface area (Å²) in [7, 11) is 1.39. The van der Waals surface area contributed by atoms with Crippen molar-refractivity contribution in [3.63, 3.8) is 0 Å². The van der Waals surface area contributed by atoms with Gasteiger partial charge in [0, 0.05) is 42.9 Å². The normalized spacial score (nSPS) is 13.9. The number of benzene rings is 1. The van der Waals surface area contributed by atoms with Crippen molar-refractivity contribution in [3.05, 3.63) is 71.2 Å². The number of rotatable bonds is 7. The molecule has 9 heteroatoms. The summed E-state index contributed by atoms with van der Waals surface area (Å²) in [6.07, 6.45) is 3.74. The lowest BCUT2D eigenvalue weighted by Crippen LogP contribution is -2.41. The fourth-order valence-corrected chi connectivity index (χ4v) is 4.55. The first-order valence-corrected chi connectivity index (χ1v) is 12.1. The number of nitrogens with one attached hydrogen (secondary N) is 1. The van der Waals surface area contributed by atoms with Crippen LogP contribution in [0.15, 0.2) is 48.7 Å². The smallest absolute Gasteiger partial charge is 0.305 e. The minimum atomic E-state index is -0.248. The molecule has 3 heterocycles. The first-order chi connectivity index (χ1) is 17.4. The molecule has 36 heavy (non-hydrogen) atoms. The molecule has 0 saturated carbocycles. The van der Waals surface area contributed by atoms with E-state index >= 15 is 0 Å². The van der Waals surface area contributed by atoms with E-state index in [4.69, 9.17) is 4.74 Å². The predicted molar refractivity (Wildman–Crippen MR) is 135 cm³/mol. The Balaban J connectivity index is 1.36. The molecule has 0 bridgehead atoms. The Morgan fingerprint density at radius 1 is 1.06 bits per heavy atom. The number of hydrogen-bond donors (Lipinski definition) is 1. The summed E-state index contributed by atoms with van der Waals surface area (Å²) in [4.78, 5) is 43.1. The molecule has 9 nitrogen and oxygen atoms in total. The van der Waals surface area contributed by atoms with Crippen molar-refractivity contribution in [3.8, 4) is 5.69 Å². The Hall–Kier alpha value is -4.01. The van der Waals surface area contributed by atoms with Gasteiger partial charge >= 0.3 is 5.97 Å². The highest BCUT2D eigenvalue weighted by Gasteiger charge is 2.28. The largest absolute Gasteiger partial charge is 0.469 e. The number of methoxy groups -OCH3 is 1. The Labute approximate surface area is 210 Å². The topological polar surface area (TPSA) is 106 Å². The molecule has 0 aliphatic carbocycles. The number of esters is 1. The highest BCUT2D eigenvalue weighted by Crippen LogP contribution is 2.23. The molecule has 1 fully saturated rings. The number of carbonyl (C=O) groups is 3. The minimum absolute atomic E-state index is 0.0442. The molecule has 1 aliphatic heterocycles.